The topological polar surface area (TPSA) is 74.9 Å². The maximum absolute atomic E-state index is 8.88. The van der Waals surface area contributed by atoms with Crippen molar-refractivity contribution < 1.29 is 5.11 Å². The summed E-state index contributed by atoms with van der Waals surface area (Å²) in [7, 11) is 0. The van der Waals surface area contributed by atoms with Gasteiger partial charge in [0.15, 0.2) is 0 Å². The number of imidazole rings is 1. The monoisotopic (exact) mass is 287 g/mol. The second kappa shape index (κ2) is 4.44. The smallest absolute Gasteiger partial charge is 0.125 e. The number of aliphatic hydroxyl groups excluding tert-OH is 1. The molecule has 1 atom stereocenters. The Morgan fingerprint density at radius 1 is 1.67 bits per heavy atom. The first-order chi connectivity index (χ1) is 7.20. The lowest BCUT2D eigenvalue weighted by atomic mass is 10.3. The van der Waals surface area contributed by atoms with E-state index in [1.165, 1.54) is 0 Å². The number of aliphatic hydroxyl groups is 1. The summed E-state index contributed by atoms with van der Waals surface area (Å²) >= 11 is 5.00. The van der Waals surface area contributed by atoms with Gasteiger partial charge in [-0.05, 0) is 22.0 Å². The van der Waals surface area contributed by atoms with Gasteiger partial charge in [0.25, 0.3) is 0 Å². The van der Waals surface area contributed by atoms with Gasteiger partial charge in [-0.1, -0.05) is 0 Å². The summed E-state index contributed by atoms with van der Waals surface area (Å²) in [5.74, 6) is 0.608. The fraction of sp³-hybridized carbons (Fsp3) is 0.222. The van der Waals surface area contributed by atoms with Crippen molar-refractivity contribution in [2.45, 2.75) is 6.04 Å². The van der Waals surface area contributed by atoms with E-state index in [9.17, 15) is 0 Å². The van der Waals surface area contributed by atoms with E-state index in [0.29, 0.717) is 5.82 Å². The van der Waals surface area contributed by atoms with Gasteiger partial charge < -0.3 is 15.8 Å². The molecule has 0 fully saturated rings. The molecule has 0 bridgehead atoms. The molecule has 0 aliphatic carbocycles. The van der Waals surface area contributed by atoms with Crippen LogP contribution in [-0.4, -0.2) is 21.7 Å². The molecule has 0 amide bonds. The van der Waals surface area contributed by atoms with Crippen LogP contribution in [-0.2, 0) is 0 Å². The first-order valence-corrected chi connectivity index (χ1v) is 6.03. The van der Waals surface area contributed by atoms with Gasteiger partial charge in [-0.25, -0.2) is 4.98 Å². The average molecular weight is 288 g/mol. The van der Waals surface area contributed by atoms with Crippen molar-refractivity contribution in [1.29, 1.82) is 0 Å². The Morgan fingerprint density at radius 3 is 3.07 bits per heavy atom. The van der Waals surface area contributed by atoms with Gasteiger partial charge in [-0.3, -0.25) is 0 Å². The molecule has 6 heteroatoms. The fourth-order valence-corrected chi connectivity index (χ4v) is 2.59. The second-order valence-corrected chi connectivity index (χ2v) is 4.93. The lowest BCUT2D eigenvalue weighted by Crippen LogP contribution is -2.15. The quantitative estimate of drug-likeness (QED) is 0.807. The molecular weight excluding hydrogens is 278 g/mol. The minimum Gasteiger partial charge on any atom is -0.394 e. The molecule has 0 spiro atoms. The number of nitrogens with one attached hydrogen (secondary N) is 1. The van der Waals surface area contributed by atoms with Crippen LogP contribution in [0.1, 0.15) is 11.9 Å². The molecule has 1 unspecified atom stereocenters. The fourth-order valence-electron chi connectivity index (χ4n) is 1.19. The Morgan fingerprint density at radius 2 is 2.47 bits per heavy atom. The second-order valence-electron chi connectivity index (χ2n) is 3.10. The molecule has 2 aromatic heterocycles. The number of nitrogens with zero attached hydrogens (tertiary/aromatic N) is 1. The van der Waals surface area contributed by atoms with E-state index in [0.717, 1.165) is 15.0 Å². The van der Waals surface area contributed by atoms with Gasteiger partial charge in [0, 0.05) is 9.85 Å². The Hall–Kier alpha value is -0.690. The minimum absolute atomic E-state index is 0.110. The van der Waals surface area contributed by atoms with Crippen LogP contribution in [0.4, 0.5) is 0 Å². The van der Waals surface area contributed by atoms with E-state index in [4.69, 9.17) is 10.8 Å². The van der Waals surface area contributed by atoms with Crippen molar-refractivity contribution in [3.63, 3.8) is 0 Å². The molecule has 0 aliphatic heterocycles. The number of hydrogen-bond donors (Lipinski definition) is 3. The van der Waals surface area contributed by atoms with Gasteiger partial charge >= 0.3 is 0 Å². The van der Waals surface area contributed by atoms with Gasteiger partial charge in [0.2, 0.25) is 0 Å². The highest BCUT2D eigenvalue weighted by Gasteiger charge is 2.10. The van der Waals surface area contributed by atoms with Crippen LogP contribution in [0.2, 0.25) is 0 Å². The van der Waals surface area contributed by atoms with Gasteiger partial charge in [0.1, 0.15) is 5.82 Å². The summed E-state index contributed by atoms with van der Waals surface area (Å²) in [6.07, 6.45) is 1.73. The molecule has 0 saturated heterocycles. The summed E-state index contributed by atoms with van der Waals surface area (Å²) < 4.78 is 1.05. The summed E-state index contributed by atoms with van der Waals surface area (Å²) in [6.45, 7) is -0.110. The Balaban J connectivity index is 2.27. The summed E-state index contributed by atoms with van der Waals surface area (Å²) in [5.41, 5.74) is 6.56. The number of halogens is 1. The molecular formula is C9H10BrN3OS. The molecule has 0 radical (unpaired) electrons. The Kier molecular flexibility index (Phi) is 3.20. The molecule has 4 nitrogen and oxygen atoms in total. The van der Waals surface area contributed by atoms with Crippen molar-refractivity contribution in [2.75, 3.05) is 6.61 Å². The molecule has 0 aromatic carbocycles. The van der Waals surface area contributed by atoms with E-state index in [1.54, 1.807) is 17.5 Å². The lowest BCUT2D eigenvalue weighted by Gasteiger charge is -2.02. The number of H-pyrrole nitrogens is 1. The van der Waals surface area contributed by atoms with Crippen LogP contribution in [0.3, 0.4) is 0 Å². The summed E-state index contributed by atoms with van der Waals surface area (Å²) in [5, 5.41) is 10.9. The van der Waals surface area contributed by atoms with Crippen LogP contribution in [0.5, 0.6) is 0 Å². The molecule has 0 aliphatic rings. The van der Waals surface area contributed by atoms with E-state index in [-0.39, 0.29) is 6.61 Å². The number of aromatic amines is 1. The zero-order valence-electron chi connectivity index (χ0n) is 7.77. The standard InChI is InChI=1S/C9H10BrN3OS/c10-5-1-8(15-4-5)7-2-12-9(13-7)6(11)3-14/h1-2,4,6,14H,3,11H2,(H,12,13). The zero-order chi connectivity index (χ0) is 10.8. The third-order valence-electron chi connectivity index (χ3n) is 1.98. The number of aromatic nitrogens is 2. The van der Waals surface area contributed by atoms with Gasteiger partial charge in [-0.15, -0.1) is 11.3 Å². The maximum Gasteiger partial charge on any atom is 0.125 e. The molecule has 80 valence electrons. The van der Waals surface area contributed by atoms with Crippen molar-refractivity contribution in [1.82, 2.24) is 9.97 Å². The van der Waals surface area contributed by atoms with Crippen LogP contribution >= 0.6 is 27.3 Å². The largest absolute Gasteiger partial charge is 0.394 e. The van der Waals surface area contributed by atoms with Crippen molar-refractivity contribution in [3.8, 4) is 10.6 Å². The predicted octanol–water partition coefficient (Wildman–Crippen LogP) is 1.89. The molecule has 4 N–H and O–H groups in total. The van der Waals surface area contributed by atoms with Gasteiger partial charge in [0.05, 0.1) is 29.4 Å². The van der Waals surface area contributed by atoms with E-state index < -0.39 is 6.04 Å². The molecule has 2 aromatic rings. The van der Waals surface area contributed by atoms with Crippen molar-refractivity contribution in [3.05, 3.63) is 27.9 Å². The van der Waals surface area contributed by atoms with Crippen molar-refractivity contribution >= 4 is 27.3 Å². The highest BCUT2D eigenvalue weighted by atomic mass is 79.9. The average Bonchev–Trinajstić information content (AvgIpc) is 2.84. The summed E-state index contributed by atoms with van der Waals surface area (Å²) in [4.78, 5) is 8.30. The Bertz CT molecular complexity index is 454. The third-order valence-corrected chi connectivity index (χ3v) is 3.70. The molecule has 2 heterocycles. The minimum atomic E-state index is -0.442. The van der Waals surface area contributed by atoms with E-state index in [1.807, 2.05) is 11.4 Å². The molecule has 2 rings (SSSR count). The highest BCUT2D eigenvalue weighted by molar-refractivity contribution is 9.10. The highest BCUT2D eigenvalue weighted by Crippen LogP contribution is 2.28. The Labute approximate surface area is 99.3 Å². The van der Waals surface area contributed by atoms with E-state index in [2.05, 4.69) is 25.9 Å². The number of rotatable bonds is 3. The van der Waals surface area contributed by atoms with E-state index >= 15 is 0 Å². The van der Waals surface area contributed by atoms with Gasteiger partial charge in [-0.2, -0.15) is 0 Å². The zero-order valence-corrected chi connectivity index (χ0v) is 10.2. The molecule has 0 saturated carbocycles. The van der Waals surface area contributed by atoms with Crippen molar-refractivity contribution in [2.24, 2.45) is 5.73 Å². The first-order valence-electron chi connectivity index (χ1n) is 4.36. The third kappa shape index (κ3) is 2.28. The van der Waals surface area contributed by atoms with Crippen LogP contribution in [0.15, 0.2) is 22.1 Å². The normalized spacial score (nSPS) is 13.0. The maximum atomic E-state index is 8.88. The number of nitrogens with two attached hydrogens (primary N) is 1. The molecule has 15 heavy (non-hydrogen) atoms. The van der Waals surface area contributed by atoms with Crippen LogP contribution < -0.4 is 5.73 Å². The lowest BCUT2D eigenvalue weighted by molar-refractivity contribution is 0.264. The SMILES string of the molecule is NC(CO)c1ncc(-c2cc(Br)cs2)[nH]1. The first kappa shape index (κ1) is 10.8. The predicted molar refractivity (Wildman–Crippen MR) is 63.6 cm³/mol. The van der Waals surface area contributed by atoms with Crippen LogP contribution in [0.25, 0.3) is 10.6 Å². The number of thiophene rings is 1. The van der Waals surface area contributed by atoms with Crippen LogP contribution in [0, 0.1) is 0 Å². The number of hydrogen-bond acceptors (Lipinski definition) is 4. The summed E-state index contributed by atoms with van der Waals surface area (Å²) in [6, 6.07) is 1.56.